The van der Waals surface area contributed by atoms with E-state index in [9.17, 15) is 27.5 Å². The molecule has 2 amide bonds. The topological polar surface area (TPSA) is 130 Å². The summed E-state index contributed by atoms with van der Waals surface area (Å²) in [6.45, 7) is 3.50. The predicted molar refractivity (Wildman–Crippen MR) is 121 cm³/mol. The number of aromatic nitrogens is 2. The molecule has 0 spiro atoms. The summed E-state index contributed by atoms with van der Waals surface area (Å²) in [6.07, 6.45) is -1.22. The number of hydrogen-bond donors (Lipinski definition) is 3. The van der Waals surface area contributed by atoms with E-state index in [1.807, 2.05) is 6.92 Å². The van der Waals surface area contributed by atoms with E-state index < -0.39 is 39.5 Å². The van der Waals surface area contributed by atoms with E-state index in [1.165, 1.54) is 19.1 Å². The van der Waals surface area contributed by atoms with Crippen LogP contribution in [-0.2, 0) is 21.2 Å². The Morgan fingerprint density at radius 1 is 1.24 bits per heavy atom. The fraction of sp³-hybridized carbons (Fsp3) is 0.318. The normalized spacial score (nSPS) is 19.5. The van der Waals surface area contributed by atoms with Crippen molar-refractivity contribution in [3.05, 3.63) is 47.8 Å². The number of benzene rings is 2. The number of rotatable bonds is 5. The molecule has 4 rings (SSSR count). The van der Waals surface area contributed by atoms with Crippen LogP contribution in [-0.4, -0.2) is 58.5 Å². The van der Waals surface area contributed by atoms with E-state index in [0.29, 0.717) is 29.1 Å². The third-order valence-corrected chi connectivity index (χ3v) is 7.19. The second kappa shape index (κ2) is 8.56. The molecule has 33 heavy (non-hydrogen) atoms. The Balaban J connectivity index is 1.87. The zero-order valence-corrected chi connectivity index (χ0v) is 18.8. The number of aryl methyl sites for hydroxylation is 1. The van der Waals surface area contributed by atoms with Gasteiger partial charge in [0, 0.05) is 19.2 Å². The van der Waals surface area contributed by atoms with E-state index in [0.717, 1.165) is 0 Å². The number of fused-ring (bicyclic) bond motifs is 1. The van der Waals surface area contributed by atoms with Gasteiger partial charge in [-0.05, 0) is 31.2 Å². The summed E-state index contributed by atoms with van der Waals surface area (Å²) in [5.74, 6) is -1.96. The summed E-state index contributed by atoms with van der Waals surface area (Å²) in [5.41, 5.74) is 1.43. The fourth-order valence-electron chi connectivity index (χ4n) is 4.09. The van der Waals surface area contributed by atoms with Crippen LogP contribution in [0.15, 0.2) is 36.4 Å². The van der Waals surface area contributed by atoms with Crippen molar-refractivity contribution in [2.75, 3.05) is 16.8 Å². The molecule has 0 saturated carbocycles. The third-order valence-electron chi connectivity index (χ3n) is 5.48. The van der Waals surface area contributed by atoms with Crippen molar-refractivity contribution in [1.29, 1.82) is 0 Å². The zero-order valence-electron chi connectivity index (χ0n) is 18.0. The van der Waals surface area contributed by atoms with Gasteiger partial charge in [-0.25, -0.2) is 17.8 Å². The van der Waals surface area contributed by atoms with Crippen molar-refractivity contribution in [3.63, 3.8) is 0 Å². The van der Waals surface area contributed by atoms with Gasteiger partial charge in [0.15, 0.2) is 9.84 Å². The molecule has 9 nitrogen and oxygen atoms in total. The van der Waals surface area contributed by atoms with Gasteiger partial charge in [0.05, 0.1) is 45.8 Å². The summed E-state index contributed by atoms with van der Waals surface area (Å²) < 4.78 is 39.9. The number of hydrogen-bond acceptors (Lipinski definition) is 6. The van der Waals surface area contributed by atoms with Gasteiger partial charge in [-0.15, -0.1) is 0 Å². The SMILES string of the molecule is CCn1c(-c2ccccc2F)nc2cc(NC(C)=O)cc(C(=O)N[C@H]3CS(=O)(=O)C[C@@H]3O)c21. The van der Waals surface area contributed by atoms with Gasteiger partial charge in [0.1, 0.15) is 11.6 Å². The second-order valence-corrected chi connectivity index (χ2v) is 10.1. The second-order valence-electron chi connectivity index (χ2n) is 7.96. The summed E-state index contributed by atoms with van der Waals surface area (Å²) >= 11 is 0. The van der Waals surface area contributed by atoms with Crippen LogP contribution in [0, 0.1) is 5.82 Å². The van der Waals surface area contributed by atoms with Crippen LogP contribution in [0.4, 0.5) is 10.1 Å². The smallest absolute Gasteiger partial charge is 0.253 e. The van der Waals surface area contributed by atoms with Crippen molar-refractivity contribution in [2.24, 2.45) is 0 Å². The van der Waals surface area contributed by atoms with Crippen LogP contribution < -0.4 is 10.6 Å². The van der Waals surface area contributed by atoms with Crippen molar-refractivity contribution in [2.45, 2.75) is 32.5 Å². The lowest BCUT2D eigenvalue weighted by atomic mass is 10.1. The van der Waals surface area contributed by atoms with E-state index in [4.69, 9.17) is 0 Å². The molecule has 0 bridgehead atoms. The first kappa shape index (κ1) is 22.9. The summed E-state index contributed by atoms with van der Waals surface area (Å²) in [7, 11) is -3.47. The van der Waals surface area contributed by atoms with Crippen LogP contribution in [0.25, 0.3) is 22.4 Å². The highest BCUT2D eigenvalue weighted by Gasteiger charge is 2.38. The van der Waals surface area contributed by atoms with E-state index in [2.05, 4.69) is 15.6 Å². The highest BCUT2D eigenvalue weighted by Crippen LogP contribution is 2.31. The molecule has 2 heterocycles. The minimum atomic E-state index is -3.47. The lowest BCUT2D eigenvalue weighted by Crippen LogP contribution is -2.42. The minimum Gasteiger partial charge on any atom is -0.390 e. The highest BCUT2D eigenvalue weighted by atomic mass is 32.2. The lowest BCUT2D eigenvalue weighted by Gasteiger charge is -2.17. The maximum absolute atomic E-state index is 14.5. The summed E-state index contributed by atoms with van der Waals surface area (Å²) in [6, 6.07) is 8.20. The van der Waals surface area contributed by atoms with E-state index in [1.54, 1.807) is 28.8 Å². The van der Waals surface area contributed by atoms with Gasteiger partial charge in [0.2, 0.25) is 5.91 Å². The third kappa shape index (κ3) is 4.46. The molecule has 1 fully saturated rings. The molecule has 1 aliphatic rings. The van der Waals surface area contributed by atoms with Crippen molar-refractivity contribution >= 4 is 38.4 Å². The number of imidazole rings is 1. The maximum atomic E-state index is 14.5. The molecule has 0 radical (unpaired) electrons. The lowest BCUT2D eigenvalue weighted by molar-refractivity contribution is -0.114. The highest BCUT2D eigenvalue weighted by molar-refractivity contribution is 7.91. The number of carbonyl (C=O) groups excluding carboxylic acids is 2. The molecule has 1 saturated heterocycles. The molecule has 174 valence electrons. The minimum absolute atomic E-state index is 0.115. The Hall–Kier alpha value is -3.31. The van der Waals surface area contributed by atoms with Crippen molar-refractivity contribution in [1.82, 2.24) is 14.9 Å². The molecule has 11 heteroatoms. The number of carbonyl (C=O) groups is 2. The largest absolute Gasteiger partial charge is 0.390 e. The summed E-state index contributed by atoms with van der Waals surface area (Å²) in [5, 5.41) is 15.3. The van der Waals surface area contributed by atoms with Gasteiger partial charge in [0.25, 0.3) is 5.91 Å². The molecule has 2 aromatic carbocycles. The maximum Gasteiger partial charge on any atom is 0.253 e. The van der Waals surface area contributed by atoms with Gasteiger partial charge in [-0.2, -0.15) is 0 Å². The van der Waals surface area contributed by atoms with Crippen LogP contribution in [0.5, 0.6) is 0 Å². The molecule has 1 aromatic heterocycles. The monoisotopic (exact) mass is 474 g/mol. The first-order valence-corrected chi connectivity index (χ1v) is 12.2. The Morgan fingerprint density at radius 2 is 1.97 bits per heavy atom. The van der Waals surface area contributed by atoms with Crippen LogP contribution in [0.1, 0.15) is 24.2 Å². The number of nitrogens with zero attached hydrogens (tertiary/aromatic N) is 2. The predicted octanol–water partition coefficient (Wildman–Crippen LogP) is 1.71. The van der Waals surface area contributed by atoms with Gasteiger partial charge < -0.3 is 20.3 Å². The summed E-state index contributed by atoms with van der Waals surface area (Å²) in [4.78, 5) is 29.4. The Morgan fingerprint density at radius 3 is 2.58 bits per heavy atom. The fourth-order valence-corrected chi connectivity index (χ4v) is 5.83. The molecule has 2 atom stereocenters. The average Bonchev–Trinajstić information content (AvgIpc) is 3.22. The number of sulfone groups is 1. The number of aliphatic hydroxyl groups excluding tert-OH is 1. The first-order valence-electron chi connectivity index (χ1n) is 10.4. The van der Waals surface area contributed by atoms with Crippen LogP contribution >= 0.6 is 0 Å². The van der Waals surface area contributed by atoms with E-state index in [-0.39, 0.29) is 22.8 Å². The number of amides is 2. The molecule has 3 aromatic rings. The average molecular weight is 475 g/mol. The number of anilines is 1. The van der Waals surface area contributed by atoms with Gasteiger partial charge in [-0.3, -0.25) is 9.59 Å². The molecule has 0 unspecified atom stereocenters. The Kier molecular flexibility index (Phi) is 5.93. The van der Waals surface area contributed by atoms with Crippen molar-refractivity contribution < 1.29 is 27.5 Å². The Bertz CT molecular complexity index is 1370. The van der Waals surface area contributed by atoms with Gasteiger partial charge >= 0.3 is 0 Å². The molecular formula is C22H23FN4O5S. The number of aliphatic hydroxyl groups is 1. The zero-order chi connectivity index (χ0) is 23.9. The number of halogens is 1. The van der Waals surface area contributed by atoms with E-state index >= 15 is 0 Å². The first-order chi connectivity index (χ1) is 15.6. The van der Waals surface area contributed by atoms with Crippen molar-refractivity contribution in [3.8, 4) is 11.4 Å². The van der Waals surface area contributed by atoms with Gasteiger partial charge in [-0.1, -0.05) is 12.1 Å². The van der Waals surface area contributed by atoms with Crippen LogP contribution in [0.2, 0.25) is 0 Å². The molecule has 1 aliphatic heterocycles. The molecule has 3 N–H and O–H groups in total. The molecular weight excluding hydrogens is 451 g/mol. The van der Waals surface area contributed by atoms with Crippen LogP contribution in [0.3, 0.4) is 0 Å². The Labute approximate surface area is 189 Å². The molecule has 0 aliphatic carbocycles. The number of nitrogens with one attached hydrogen (secondary N) is 2. The quantitative estimate of drug-likeness (QED) is 0.516. The standard InChI is InChI=1S/C22H23FN4O5S/c1-3-27-20-15(22(30)26-18-10-33(31,32)11-19(18)29)8-13(24-12(2)28)9-17(20)25-21(27)14-6-4-5-7-16(14)23/h4-9,18-19,29H,3,10-11H2,1-2H3,(H,24,28)(H,26,30)/t18-,19-/m0/s1.